The Kier molecular flexibility index (Phi) is 6.18. The van der Waals surface area contributed by atoms with Crippen LogP contribution in [0.2, 0.25) is 0 Å². The van der Waals surface area contributed by atoms with Crippen LogP contribution in [-0.2, 0) is 11.3 Å². The van der Waals surface area contributed by atoms with Gasteiger partial charge < -0.3 is 10.2 Å². The number of hydrogen-bond donors (Lipinski definition) is 2. The molecule has 0 saturated heterocycles. The molecule has 0 saturated carbocycles. The van der Waals surface area contributed by atoms with Gasteiger partial charge in [0.1, 0.15) is 0 Å². The first-order chi connectivity index (χ1) is 13.9. The molecule has 0 atom stereocenters. The third-order valence-electron chi connectivity index (χ3n) is 4.19. The number of aromatic amines is 1. The highest BCUT2D eigenvalue weighted by molar-refractivity contribution is 8.13. The second kappa shape index (κ2) is 8.78. The molecule has 1 heterocycles. The van der Waals surface area contributed by atoms with Gasteiger partial charge in [-0.2, -0.15) is 0 Å². The highest BCUT2D eigenvalue weighted by Crippen LogP contribution is 2.28. The van der Waals surface area contributed by atoms with Crippen molar-refractivity contribution in [2.75, 3.05) is 19.4 Å². The molecule has 0 fully saturated rings. The fourth-order valence-corrected chi connectivity index (χ4v) is 3.48. The zero-order valence-electron chi connectivity index (χ0n) is 16.0. The van der Waals surface area contributed by atoms with Crippen molar-refractivity contribution in [3.63, 3.8) is 0 Å². The summed E-state index contributed by atoms with van der Waals surface area (Å²) in [4.78, 5) is 52.9. The molecule has 8 nitrogen and oxygen atoms in total. The van der Waals surface area contributed by atoms with Crippen LogP contribution in [0.4, 0.5) is 10.5 Å². The maximum absolute atomic E-state index is 12.5. The van der Waals surface area contributed by atoms with Gasteiger partial charge in [-0.05, 0) is 36.0 Å². The number of para-hydroxylation sites is 2. The number of carbonyl (C=O) groups excluding carboxylic acids is 2. The van der Waals surface area contributed by atoms with E-state index in [1.807, 2.05) is 0 Å². The largest absolute Gasteiger partial charge is 0.339 e. The van der Waals surface area contributed by atoms with Crippen LogP contribution in [0.5, 0.6) is 0 Å². The number of aromatic nitrogens is 2. The number of H-pyrrole nitrogens is 1. The van der Waals surface area contributed by atoms with Gasteiger partial charge >= 0.3 is 5.69 Å². The quantitative estimate of drug-likeness (QED) is 0.627. The Morgan fingerprint density at radius 3 is 2.52 bits per heavy atom. The van der Waals surface area contributed by atoms with Gasteiger partial charge in [-0.3, -0.25) is 23.9 Å². The van der Waals surface area contributed by atoms with E-state index in [9.17, 15) is 19.2 Å². The summed E-state index contributed by atoms with van der Waals surface area (Å²) in [6.07, 6.45) is 0.0244. The van der Waals surface area contributed by atoms with Gasteiger partial charge in [-0.1, -0.05) is 24.3 Å². The molecule has 0 radical (unpaired) electrons. The molecule has 3 rings (SSSR count). The first-order valence-corrected chi connectivity index (χ1v) is 9.68. The number of benzene rings is 2. The van der Waals surface area contributed by atoms with Gasteiger partial charge in [-0.15, -0.1) is 0 Å². The van der Waals surface area contributed by atoms with Crippen molar-refractivity contribution in [2.45, 2.75) is 17.9 Å². The van der Waals surface area contributed by atoms with Gasteiger partial charge in [0.2, 0.25) is 5.91 Å². The van der Waals surface area contributed by atoms with Crippen LogP contribution in [-0.4, -0.2) is 39.7 Å². The van der Waals surface area contributed by atoms with Gasteiger partial charge in [0.15, 0.2) is 0 Å². The Morgan fingerprint density at radius 1 is 1.07 bits per heavy atom. The monoisotopic (exact) mass is 412 g/mol. The molecule has 0 aliphatic carbocycles. The van der Waals surface area contributed by atoms with E-state index in [0.29, 0.717) is 21.5 Å². The molecule has 29 heavy (non-hydrogen) atoms. The summed E-state index contributed by atoms with van der Waals surface area (Å²) < 4.78 is 1.37. The number of fused-ring (bicyclic) bond motifs is 1. The number of rotatable bonds is 5. The molecule has 2 amide bonds. The van der Waals surface area contributed by atoms with Gasteiger partial charge in [0.25, 0.3) is 10.8 Å². The highest BCUT2D eigenvalue weighted by Gasteiger charge is 2.13. The van der Waals surface area contributed by atoms with E-state index in [1.165, 1.54) is 9.47 Å². The van der Waals surface area contributed by atoms with Crippen molar-refractivity contribution in [2.24, 2.45) is 0 Å². The van der Waals surface area contributed by atoms with Crippen molar-refractivity contribution in [3.05, 3.63) is 69.4 Å². The molecule has 2 aromatic carbocycles. The molecule has 9 heteroatoms. The van der Waals surface area contributed by atoms with Crippen LogP contribution in [0.3, 0.4) is 0 Å². The zero-order valence-corrected chi connectivity index (χ0v) is 16.8. The minimum Gasteiger partial charge on any atom is -0.339 e. The molecule has 1 aromatic heterocycles. The molecule has 0 aliphatic heterocycles. The highest BCUT2D eigenvalue weighted by atomic mass is 32.2. The summed E-state index contributed by atoms with van der Waals surface area (Å²) in [7, 11) is 3.31. The summed E-state index contributed by atoms with van der Waals surface area (Å²) in [5.41, 5.74) is -0.0187. The van der Waals surface area contributed by atoms with E-state index in [0.717, 1.165) is 11.8 Å². The summed E-state index contributed by atoms with van der Waals surface area (Å²) in [6.45, 7) is 0.105. The van der Waals surface area contributed by atoms with E-state index >= 15 is 0 Å². The second-order valence-corrected chi connectivity index (χ2v) is 7.48. The van der Waals surface area contributed by atoms with E-state index in [1.54, 1.807) is 62.6 Å². The van der Waals surface area contributed by atoms with Crippen molar-refractivity contribution in [3.8, 4) is 0 Å². The SMILES string of the molecule is CN(C)C(=O)Sc1ccccc1NC(=O)CCn1c(=O)[nH]c(=O)c2ccccc21. The van der Waals surface area contributed by atoms with E-state index < -0.39 is 11.2 Å². The molecule has 2 N–H and O–H groups in total. The van der Waals surface area contributed by atoms with E-state index in [-0.39, 0.29) is 24.1 Å². The van der Waals surface area contributed by atoms with Crippen LogP contribution in [0, 0.1) is 0 Å². The predicted molar refractivity (Wildman–Crippen MR) is 113 cm³/mol. The molecule has 150 valence electrons. The van der Waals surface area contributed by atoms with Crippen molar-refractivity contribution >= 4 is 39.5 Å². The minimum atomic E-state index is -0.561. The normalized spacial score (nSPS) is 10.7. The summed E-state index contributed by atoms with van der Waals surface area (Å²) >= 11 is 1.02. The predicted octanol–water partition coefficient (Wildman–Crippen LogP) is 2.49. The Labute approximate surface area is 170 Å². The Morgan fingerprint density at radius 2 is 1.76 bits per heavy atom. The fraction of sp³-hybridized carbons (Fsp3) is 0.200. The van der Waals surface area contributed by atoms with Gasteiger partial charge in [0, 0.05) is 32.0 Å². The lowest BCUT2D eigenvalue weighted by molar-refractivity contribution is -0.116. The minimum absolute atomic E-state index is 0.0244. The molecule has 0 bridgehead atoms. The number of nitrogens with zero attached hydrogens (tertiary/aromatic N) is 2. The Balaban J connectivity index is 1.75. The lowest BCUT2D eigenvalue weighted by Crippen LogP contribution is -2.31. The Hall–Kier alpha value is -3.33. The second-order valence-electron chi connectivity index (χ2n) is 6.48. The number of aryl methyl sites for hydroxylation is 1. The lowest BCUT2D eigenvalue weighted by Gasteiger charge is -2.13. The fourth-order valence-electron chi connectivity index (χ4n) is 2.73. The van der Waals surface area contributed by atoms with Crippen molar-refractivity contribution in [1.82, 2.24) is 14.5 Å². The standard InChI is InChI=1S/C20H20N4O4S/c1-23(2)20(28)29-16-10-6-4-8-14(16)21-17(25)11-12-24-15-9-5-3-7-13(15)18(26)22-19(24)27/h3-10H,11-12H2,1-2H3,(H,21,25)(H,22,26,27). The molecule has 0 unspecified atom stereocenters. The average Bonchev–Trinajstić information content (AvgIpc) is 2.69. The molecule has 3 aromatic rings. The first-order valence-electron chi connectivity index (χ1n) is 8.86. The van der Waals surface area contributed by atoms with Crippen LogP contribution in [0.25, 0.3) is 10.9 Å². The summed E-state index contributed by atoms with van der Waals surface area (Å²) in [5, 5.41) is 3.02. The number of hydrogen-bond acceptors (Lipinski definition) is 5. The van der Waals surface area contributed by atoms with Crippen LogP contribution in [0.1, 0.15) is 6.42 Å². The molecular formula is C20H20N4O4S. The van der Waals surface area contributed by atoms with Gasteiger partial charge in [0.05, 0.1) is 16.6 Å². The topological polar surface area (TPSA) is 104 Å². The maximum atomic E-state index is 12.5. The maximum Gasteiger partial charge on any atom is 0.328 e. The third-order valence-corrected chi connectivity index (χ3v) is 5.31. The Bertz CT molecular complexity index is 1180. The molecular weight excluding hydrogens is 392 g/mol. The third kappa shape index (κ3) is 4.75. The van der Waals surface area contributed by atoms with Crippen molar-refractivity contribution in [1.29, 1.82) is 0 Å². The van der Waals surface area contributed by atoms with E-state index in [4.69, 9.17) is 0 Å². The molecule has 0 spiro atoms. The van der Waals surface area contributed by atoms with Crippen LogP contribution in [0.15, 0.2) is 63.0 Å². The van der Waals surface area contributed by atoms with Crippen LogP contribution >= 0.6 is 11.8 Å². The smallest absolute Gasteiger partial charge is 0.328 e. The molecule has 0 aliphatic rings. The zero-order chi connectivity index (χ0) is 21.0. The van der Waals surface area contributed by atoms with Crippen molar-refractivity contribution < 1.29 is 9.59 Å². The van der Waals surface area contributed by atoms with Gasteiger partial charge in [-0.25, -0.2) is 4.79 Å². The number of anilines is 1. The summed E-state index contributed by atoms with van der Waals surface area (Å²) in [5.74, 6) is -0.308. The van der Waals surface area contributed by atoms with E-state index in [2.05, 4.69) is 10.3 Å². The number of thioether (sulfide) groups is 1. The lowest BCUT2D eigenvalue weighted by atomic mass is 10.2. The first kappa shape index (κ1) is 20.4. The number of nitrogens with one attached hydrogen (secondary N) is 2. The van der Waals surface area contributed by atoms with Crippen LogP contribution < -0.4 is 16.6 Å². The average molecular weight is 412 g/mol. The summed E-state index contributed by atoms with van der Waals surface area (Å²) in [6, 6.07) is 13.7. The number of amides is 2. The number of carbonyl (C=O) groups is 2.